The Morgan fingerprint density at radius 1 is 1.09 bits per heavy atom. The van der Waals surface area contributed by atoms with E-state index in [1.54, 1.807) is 0 Å². The monoisotopic (exact) mass is 485 g/mol. The van der Waals surface area contributed by atoms with Crippen molar-refractivity contribution >= 4 is 43.7 Å². The Hall–Kier alpha value is -4.52. The van der Waals surface area contributed by atoms with Crippen molar-refractivity contribution in [2.24, 2.45) is 10.2 Å². The lowest BCUT2D eigenvalue weighted by Gasteiger charge is -2.10. The van der Waals surface area contributed by atoms with Crippen LogP contribution < -0.4 is 9.46 Å². The smallest absolute Gasteiger partial charge is 0.270 e. The first kappa shape index (κ1) is 22.7. The van der Waals surface area contributed by atoms with E-state index in [9.17, 15) is 28.0 Å². The zero-order chi connectivity index (χ0) is 24.5. The normalized spacial score (nSPS) is 11.7. The fraction of sp³-hybridized carbons (Fsp3) is 0.0476. The molecule has 4 aromatic rings. The van der Waals surface area contributed by atoms with Gasteiger partial charge in [0.2, 0.25) is 5.88 Å². The third-order valence-electron chi connectivity index (χ3n) is 4.76. The largest absolute Gasteiger partial charge is 0.497 e. The molecule has 1 aromatic heterocycles. The molecule has 0 fully saturated rings. The molecular formula is C21H16FN5O6S. The Labute approximate surface area is 191 Å². The number of nitro benzene ring substituents is 1. The number of aromatic nitrogens is 1. The van der Waals surface area contributed by atoms with E-state index in [2.05, 4.69) is 19.9 Å². The van der Waals surface area contributed by atoms with Crippen LogP contribution in [0.15, 0.2) is 75.8 Å². The summed E-state index contributed by atoms with van der Waals surface area (Å²) < 4.78 is 47.1. The molecule has 0 unspecified atom stereocenters. The standard InChI is InChI=1S/C21H16FN5O6S/c1-33-15-6-3-13(4-7-15)26-34(31,32)19-11-14(27(29)30)5-9-18(19)24-25-20-16-10-12(22)2-8-17(16)23-21(20)28/h2-11,23,26,28H,1H3. The predicted molar refractivity (Wildman–Crippen MR) is 121 cm³/mol. The van der Waals surface area contributed by atoms with Gasteiger partial charge in [-0.05, 0) is 48.5 Å². The number of sulfonamides is 1. The van der Waals surface area contributed by atoms with E-state index in [0.29, 0.717) is 11.3 Å². The zero-order valence-corrected chi connectivity index (χ0v) is 18.2. The lowest BCUT2D eigenvalue weighted by molar-refractivity contribution is -0.385. The van der Waals surface area contributed by atoms with Gasteiger partial charge in [-0.25, -0.2) is 12.8 Å². The summed E-state index contributed by atoms with van der Waals surface area (Å²) in [6.45, 7) is 0. The van der Waals surface area contributed by atoms with Gasteiger partial charge in [-0.2, -0.15) is 0 Å². The Kier molecular flexibility index (Phi) is 5.86. The summed E-state index contributed by atoms with van der Waals surface area (Å²) >= 11 is 0. The highest BCUT2D eigenvalue weighted by atomic mass is 32.2. The van der Waals surface area contributed by atoms with Gasteiger partial charge in [-0.15, -0.1) is 10.2 Å². The molecule has 3 aromatic carbocycles. The van der Waals surface area contributed by atoms with Crippen LogP contribution in [0.4, 0.5) is 27.1 Å². The maximum Gasteiger partial charge on any atom is 0.270 e. The SMILES string of the molecule is COc1ccc(NS(=O)(=O)c2cc([N+](=O)[O-])ccc2N=Nc2c(O)[nH]c3ccc(F)cc23)cc1. The number of azo groups is 1. The van der Waals surface area contributed by atoms with Gasteiger partial charge < -0.3 is 14.8 Å². The van der Waals surface area contributed by atoms with Gasteiger partial charge in [0.15, 0.2) is 5.69 Å². The second-order valence-corrected chi connectivity index (χ2v) is 8.61. The lowest BCUT2D eigenvalue weighted by Crippen LogP contribution is -2.13. The molecule has 174 valence electrons. The van der Waals surface area contributed by atoms with Crippen molar-refractivity contribution in [3.05, 3.63) is 76.6 Å². The van der Waals surface area contributed by atoms with E-state index in [0.717, 1.165) is 24.3 Å². The van der Waals surface area contributed by atoms with E-state index in [1.807, 2.05) is 0 Å². The van der Waals surface area contributed by atoms with Crippen molar-refractivity contribution < 1.29 is 27.6 Å². The van der Waals surface area contributed by atoms with Crippen LogP contribution in [0, 0.1) is 15.9 Å². The molecule has 0 aliphatic rings. The summed E-state index contributed by atoms with van der Waals surface area (Å²) in [5.41, 5.74) is -0.285. The number of aromatic hydroxyl groups is 1. The molecule has 0 spiro atoms. The summed E-state index contributed by atoms with van der Waals surface area (Å²) in [5.74, 6) is -0.486. The summed E-state index contributed by atoms with van der Waals surface area (Å²) in [7, 11) is -2.89. The van der Waals surface area contributed by atoms with Gasteiger partial charge in [-0.3, -0.25) is 14.8 Å². The number of fused-ring (bicyclic) bond motifs is 1. The Morgan fingerprint density at radius 2 is 1.82 bits per heavy atom. The molecule has 0 aliphatic heterocycles. The number of nitro groups is 1. The molecule has 34 heavy (non-hydrogen) atoms. The highest BCUT2D eigenvalue weighted by Crippen LogP contribution is 2.38. The minimum atomic E-state index is -4.35. The molecule has 11 nitrogen and oxygen atoms in total. The molecule has 0 atom stereocenters. The van der Waals surface area contributed by atoms with Crippen LogP contribution in [0.25, 0.3) is 10.9 Å². The molecule has 0 saturated carbocycles. The lowest BCUT2D eigenvalue weighted by atomic mass is 10.2. The van der Waals surface area contributed by atoms with Gasteiger partial charge in [-0.1, -0.05) is 0 Å². The zero-order valence-electron chi connectivity index (χ0n) is 17.4. The number of halogens is 1. The van der Waals surface area contributed by atoms with Crippen LogP contribution in [0.1, 0.15) is 0 Å². The Bertz CT molecular complexity index is 1530. The van der Waals surface area contributed by atoms with Crippen molar-refractivity contribution in [3.8, 4) is 11.6 Å². The third kappa shape index (κ3) is 4.49. The van der Waals surface area contributed by atoms with E-state index in [4.69, 9.17) is 4.74 Å². The molecule has 0 bridgehead atoms. The summed E-state index contributed by atoms with van der Waals surface area (Å²) in [6, 6.07) is 12.7. The number of ether oxygens (including phenoxy) is 1. The van der Waals surface area contributed by atoms with Crippen molar-refractivity contribution in [1.82, 2.24) is 4.98 Å². The topological polar surface area (TPSA) is 159 Å². The maximum atomic E-state index is 13.7. The van der Waals surface area contributed by atoms with Crippen LogP contribution in [0.5, 0.6) is 11.6 Å². The highest BCUT2D eigenvalue weighted by molar-refractivity contribution is 7.92. The number of nitrogens with zero attached hydrogens (tertiary/aromatic N) is 3. The van der Waals surface area contributed by atoms with Crippen LogP contribution in [-0.2, 0) is 10.0 Å². The third-order valence-corrected chi connectivity index (χ3v) is 6.17. The van der Waals surface area contributed by atoms with Crippen molar-refractivity contribution in [3.63, 3.8) is 0 Å². The summed E-state index contributed by atoms with van der Waals surface area (Å²) in [4.78, 5) is 12.6. The quantitative estimate of drug-likeness (QED) is 0.187. The molecule has 0 radical (unpaired) electrons. The Balaban J connectivity index is 1.77. The number of nitrogens with one attached hydrogen (secondary N) is 2. The molecule has 0 aliphatic carbocycles. The first-order valence-corrected chi connectivity index (χ1v) is 11.0. The second kappa shape index (κ2) is 8.78. The molecule has 1 heterocycles. The van der Waals surface area contributed by atoms with Crippen LogP contribution in [0.3, 0.4) is 0 Å². The number of rotatable bonds is 7. The van der Waals surface area contributed by atoms with E-state index < -0.39 is 37.2 Å². The molecular weight excluding hydrogens is 469 g/mol. The number of hydrogen-bond donors (Lipinski definition) is 3. The van der Waals surface area contributed by atoms with E-state index in [1.165, 1.54) is 43.5 Å². The van der Waals surface area contributed by atoms with E-state index in [-0.39, 0.29) is 22.4 Å². The van der Waals surface area contributed by atoms with Crippen molar-refractivity contribution in [2.45, 2.75) is 4.90 Å². The van der Waals surface area contributed by atoms with Crippen LogP contribution >= 0.6 is 0 Å². The summed E-state index contributed by atoms with van der Waals surface area (Å²) in [6.07, 6.45) is 0. The van der Waals surface area contributed by atoms with Gasteiger partial charge in [0, 0.05) is 23.2 Å². The molecule has 4 rings (SSSR count). The fourth-order valence-corrected chi connectivity index (χ4v) is 4.34. The number of hydrogen-bond acceptors (Lipinski definition) is 8. The van der Waals surface area contributed by atoms with E-state index >= 15 is 0 Å². The number of anilines is 1. The highest BCUT2D eigenvalue weighted by Gasteiger charge is 2.23. The van der Waals surface area contributed by atoms with Crippen LogP contribution in [-0.4, -0.2) is 30.5 Å². The molecule has 0 saturated heterocycles. The minimum Gasteiger partial charge on any atom is -0.497 e. The molecule has 3 N–H and O–H groups in total. The maximum absolute atomic E-state index is 13.7. The van der Waals surface area contributed by atoms with Gasteiger partial charge in [0.05, 0.1) is 17.5 Å². The number of H-pyrrole nitrogens is 1. The van der Waals surface area contributed by atoms with Crippen molar-refractivity contribution in [1.29, 1.82) is 0 Å². The fourth-order valence-electron chi connectivity index (χ4n) is 3.12. The predicted octanol–water partition coefficient (Wildman–Crippen LogP) is 5.15. The second-order valence-electron chi connectivity index (χ2n) is 6.96. The molecule has 13 heteroatoms. The average Bonchev–Trinajstić information content (AvgIpc) is 3.11. The first-order chi connectivity index (χ1) is 16.2. The van der Waals surface area contributed by atoms with Crippen molar-refractivity contribution in [2.75, 3.05) is 11.8 Å². The van der Waals surface area contributed by atoms with Gasteiger partial charge in [0.25, 0.3) is 15.7 Å². The minimum absolute atomic E-state index is 0.126. The summed E-state index contributed by atoms with van der Waals surface area (Å²) in [5, 5.41) is 29.3. The van der Waals surface area contributed by atoms with Gasteiger partial charge in [0.1, 0.15) is 22.1 Å². The first-order valence-electron chi connectivity index (χ1n) is 9.55. The number of non-ortho nitro benzene ring substituents is 1. The Morgan fingerprint density at radius 3 is 2.50 bits per heavy atom. The number of benzene rings is 3. The number of methoxy groups -OCH3 is 1. The number of aromatic amines is 1. The average molecular weight is 485 g/mol. The molecule has 0 amide bonds. The van der Waals surface area contributed by atoms with Crippen LogP contribution in [0.2, 0.25) is 0 Å². The van der Waals surface area contributed by atoms with Gasteiger partial charge >= 0.3 is 0 Å².